The molecule has 45 heavy (non-hydrogen) atoms. The zero-order valence-electron chi connectivity index (χ0n) is 28.9. The highest BCUT2D eigenvalue weighted by Crippen LogP contribution is 2.26. The molecular weight excluding hydrogens is 552 g/mol. The third kappa shape index (κ3) is 14.9. The molecule has 3 heteroatoms. The van der Waals surface area contributed by atoms with Crippen LogP contribution in [0.1, 0.15) is 159 Å². The van der Waals surface area contributed by atoms with E-state index in [1.165, 1.54) is 103 Å². The Morgan fingerprint density at radius 2 is 1.02 bits per heavy atom. The predicted molar refractivity (Wildman–Crippen MR) is 193 cm³/mol. The molecule has 248 valence electrons. The second-order valence-corrected chi connectivity index (χ2v) is 13.2. The normalized spacial score (nSPS) is 12.0. The molecule has 0 unspecified atom stereocenters. The van der Waals surface area contributed by atoms with Gasteiger partial charge in [-0.05, 0) is 53.4 Å². The summed E-state index contributed by atoms with van der Waals surface area (Å²) in [5.74, 6) is 2.11. The maximum atomic E-state index is 12.8. The van der Waals surface area contributed by atoms with Gasteiger partial charge in [-0.1, -0.05) is 166 Å². The number of hydrogen-bond acceptors (Lipinski definition) is 3. The Kier molecular flexibility index (Phi) is 18.5. The average molecular weight is 615 g/mol. The fourth-order valence-corrected chi connectivity index (χ4v) is 6.09. The van der Waals surface area contributed by atoms with Gasteiger partial charge in [0, 0.05) is 11.5 Å². The molecule has 0 bridgehead atoms. The van der Waals surface area contributed by atoms with Crippen LogP contribution in [-0.4, -0.2) is 12.4 Å². The Labute approximate surface area is 275 Å². The summed E-state index contributed by atoms with van der Waals surface area (Å²) in [6.07, 6.45) is 25.0. The Morgan fingerprint density at radius 3 is 1.56 bits per heavy atom. The zero-order chi connectivity index (χ0) is 32.0. The first-order valence-corrected chi connectivity index (χ1v) is 18.5. The van der Waals surface area contributed by atoms with Crippen LogP contribution in [0.15, 0.2) is 60.7 Å². The second-order valence-electron chi connectivity index (χ2n) is 13.2. The molecule has 3 nitrogen and oxygen atoms in total. The minimum Gasteiger partial charge on any atom is -0.494 e. The lowest BCUT2D eigenvalue weighted by molar-refractivity contribution is 0.0922. The minimum atomic E-state index is 0.0801. The van der Waals surface area contributed by atoms with Crippen molar-refractivity contribution in [1.29, 1.82) is 0 Å². The number of rotatable bonds is 26. The molecule has 0 N–H and O–H groups in total. The Bertz CT molecular complexity index is 1200. The lowest BCUT2D eigenvalue weighted by Crippen LogP contribution is -2.11. The van der Waals surface area contributed by atoms with E-state index in [0.717, 1.165) is 59.3 Å². The van der Waals surface area contributed by atoms with Crippen molar-refractivity contribution in [2.24, 2.45) is 5.92 Å². The average Bonchev–Trinajstić information content (AvgIpc) is 3.07. The van der Waals surface area contributed by atoms with E-state index < -0.39 is 0 Å². The van der Waals surface area contributed by atoms with Crippen LogP contribution in [0.2, 0.25) is 0 Å². The fourth-order valence-electron chi connectivity index (χ4n) is 6.09. The quantitative estimate of drug-likeness (QED) is 0.0666. The molecule has 0 spiro atoms. The van der Waals surface area contributed by atoms with Crippen LogP contribution >= 0.6 is 0 Å². The highest BCUT2D eigenvalue weighted by atomic mass is 16.5. The lowest BCUT2D eigenvalue weighted by atomic mass is 9.93. The van der Waals surface area contributed by atoms with E-state index in [2.05, 4.69) is 51.1 Å². The van der Waals surface area contributed by atoms with Crippen LogP contribution in [0.25, 0.3) is 10.8 Å². The zero-order valence-corrected chi connectivity index (χ0v) is 28.9. The summed E-state index contributed by atoms with van der Waals surface area (Å²) >= 11 is 0. The number of carbonyl (C=O) groups excluding carboxylic acids is 1. The van der Waals surface area contributed by atoms with Crippen LogP contribution in [0.3, 0.4) is 0 Å². The van der Waals surface area contributed by atoms with E-state index in [4.69, 9.17) is 9.47 Å². The topological polar surface area (TPSA) is 35.5 Å². The van der Waals surface area contributed by atoms with Crippen molar-refractivity contribution in [2.45, 2.75) is 149 Å². The SMILES string of the molecule is CCCCCCCCCCCCCCCCOc1ccc2cc(OCc3ccc(C(=O)[C@H](C)CCCCCC)cc3)ccc2c1. The Balaban J connectivity index is 1.28. The van der Waals surface area contributed by atoms with Crippen molar-refractivity contribution in [3.8, 4) is 11.5 Å². The number of hydrogen-bond donors (Lipinski definition) is 0. The van der Waals surface area contributed by atoms with Crippen molar-refractivity contribution in [1.82, 2.24) is 0 Å². The number of carbonyl (C=O) groups is 1. The van der Waals surface area contributed by atoms with Gasteiger partial charge in [-0.3, -0.25) is 4.79 Å². The van der Waals surface area contributed by atoms with Gasteiger partial charge in [-0.25, -0.2) is 0 Å². The first-order valence-electron chi connectivity index (χ1n) is 18.5. The smallest absolute Gasteiger partial charge is 0.165 e. The van der Waals surface area contributed by atoms with E-state index >= 15 is 0 Å². The van der Waals surface area contributed by atoms with Crippen LogP contribution in [-0.2, 0) is 6.61 Å². The summed E-state index contributed by atoms with van der Waals surface area (Å²) in [5, 5.41) is 2.30. The highest BCUT2D eigenvalue weighted by molar-refractivity contribution is 5.97. The maximum absolute atomic E-state index is 12.8. The van der Waals surface area contributed by atoms with Crippen molar-refractivity contribution in [2.75, 3.05) is 6.61 Å². The molecule has 0 aliphatic carbocycles. The molecule has 0 aromatic heterocycles. The molecule has 0 heterocycles. The van der Waals surface area contributed by atoms with E-state index in [0.29, 0.717) is 6.61 Å². The Morgan fingerprint density at radius 1 is 0.556 bits per heavy atom. The molecule has 3 rings (SSSR count). The molecule has 0 radical (unpaired) electrons. The molecule has 3 aromatic carbocycles. The van der Waals surface area contributed by atoms with Gasteiger partial charge in [0.2, 0.25) is 0 Å². The first kappa shape index (κ1) is 36.7. The van der Waals surface area contributed by atoms with Crippen molar-refractivity contribution in [3.63, 3.8) is 0 Å². The van der Waals surface area contributed by atoms with Gasteiger partial charge in [0.05, 0.1) is 6.61 Å². The molecule has 0 fully saturated rings. The summed E-state index contributed by atoms with van der Waals surface area (Å²) in [5.41, 5.74) is 1.87. The largest absolute Gasteiger partial charge is 0.494 e. The molecule has 0 aliphatic rings. The van der Waals surface area contributed by atoms with Gasteiger partial charge in [-0.15, -0.1) is 0 Å². The van der Waals surface area contributed by atoms with Gasteiger partial charge >= 0.3 is 0 Å². The van der Waals surface area contributed by atoms with Crippen molar-refractivity contribution >= 4 is 16.6 Å². The summed E-state index contributed by atoms with van der Waals surface area (Å²) in [7, 11) is 0. The van der Waals surface area contributed by atoms with E-state index in [1.54, 1.807) is 0 Å². The van der Waals surface area contributed by atoms with Gasteiger partial charge in [-0.2, -0.15) is 0 Å². The molecule has 0 saturated carbocycles. The fraction of sp³-hybridized carbons (Fsp3) is 0.595. The van der Waals surface area contributed by atoms with Crippen molar-refractivity contribution in [3.05, 3.63) is 71.8 Å². The lowest BCUT2D eigenvalue weighted by Gasteiger charge is -2.12. The number of ketones is 1. The van der Waals surface area contributed by atoms with Gasteiger partial charge in [0.25, 0.3) is 0 Å². The molecule has 3 aromatic rings. The van der Waals surface area contributed by atoms with Gasteiger partial charge in [0.15, 0.2) is 5.78 Å². The second kappa shape index (κ2) is 22.7. The van der Waals surface area contributed by atoms with Crippen molar-refractivity contribution < 1.29 is 14.3 Å². The standard InChI is InChI=1S/C42H62O3/c1-4-6-8-10-11-12-13-14-15-16-17-18-19-21-31-44-40-29-27-39-33-41(30-28-38(39)32-40)45-34-36-23-25-37(26-24-36)42(43)35(3)22-20-9-7-5-2/h23-30,32-33,35H,4-22,31,34H2,1-3H3/t35-/m1/s1. The third-order valence-corrected chi connectivity index (χ3v) is 9.13. The van der Waals surface area contributed by atoms with Crippen LogP contribution < -0.4 is 9.47 Å². The maximum Gasteiger partial charge on any atom is 0.165 e. The highest BCUT2D eigenvalue weighted by Gasteiger charge is 2.14. The number of benzene rings is 3. The number of fused-ring (bicyclic) bond motifs is 1. The van der Waals surface area contributed by atoms with Gasteiger partial charge in [0.1, 0.15) is 18.1 Å². The predicted octanol–water partition coefficient (Wildman–Crippen LogP) is 13.1. The monoisotopic (exact) mass is 614 g/mol. The summed E-state index contributed by atoms with van der Waals surface area (Å²) in [6.45, 7) is 7.82. The van der Waals surface area contributed by atoms with E-state index in [1.807, 2.05) is 30.3 Å². The molecule has 1 atom stereocenters. The molecular formula is C42H62O3. The number of ether oxygens (including phenoxy) is 2. The Hall–Kier alpha value is -2.81. The number of unbranched alkanes of at least 4 members (excludes halogenated alkanes) is 16. The molecule has 0 aliphatic heterocycles. The molecule has 0 amide bonds. The van der Waals surface area contributed by atoms with Crippen LogP contribution in [0.5, 0.6) is 11.5 Å². The van der Waals surface area contributed by atoms with Crippen LogP contribution in [0, 0.1) is 5.92 Å². The van der Waals surface area contributed by atoms with Crippen LogP contribution in [0.4, 0.5) is 0 Å². The summed E-state index contributed by atoms with van der Waals surface area (Å²) in [4.78, 5) is 12.8. The van der Waals surface area contributed by atoms with E-state index in [-0.39, 0.29) is 11.7 Å². The third-order valence-electron chi connectivity index (χ3n) is 9.13. The molecule has 0 saturated heterocycles. The van der Waals surface area contributed by atoms with Gasteiger partial charge < -0.3 is 9.47 Å². The first-order chi connectivity index (χ1) is 22.1. The summed E-state index contributed by atoms with van der Waals surface area (Å²) in [6, 6.07) is 20.5. The van der Waals surface area contributed by atoms with E-state index in [9.17, 15) is 4.79 Å². The number of Topliss-reactive ketones (excluding diaryl/α,β-unsaturated/α-hetero) is 1. The minimum absolute atomic E-state index is 0.0801. The summed E-state index contributed by atoms with van der Waals surface area (Å²) < 4.78 is 12.2.